The minimum absolute atomic E-state index is 0.0110. The molecule has 21 heavy (non-hydrogen) atoms. The van der Waals surface area contributed by atoms with E-state index < -0.39 is 11.6 Å². The molecule has 1 amide bonds. The van der Waals surface area contributed by atoms with Crippen LogP contribution in [-0.4, -0.2) is 31.8 Å². The van der Waals surface area contributed by atoms with Gasteiger partial charge >= 0.3 is 0 Å². The Morgan fingerprint density at radius 1 is 1.33 bits per heavy atom. The Hall–Kier alpha value is -1.69. The van der Waals surface area contributed by atoms with Gasteiger partial charge in [0.1, 0.15) is 17.4 Å². The van der Waals surface area contributed by atoms with Crippen molar-refractivity contribution in [2.24, 2.45) is 5.41 Å². The summed E-state index contributed by atoms with van der Waals surface area (Å²) in [7, 11) is 0. The zero-order valence-corrected chi connectivity index (χ0v) is 11.5. The van der Waals surface area contributed by atoms with Gasteiger partial charge in [-0.05, 0) is 24.7 Å². The molecule has 1 aromatic carbocycles. The first-order valence-electron chi connectivity index (χ1n) is 7.01. The van der Waals surface area contributed by atoms with Crippen LogP contribution in [0.1, 0.15) is 19.3 Å². The minimum atomic E-state index is -0.729. The van der Waals surface area contributed by atoms with Gasteiger partial charge in [-0.3, -0.25) is 4.79 Å². The topological polar surface area (TPSA) is 47.6 Å². The van der Waals surface area contributed by atoms with E-state index in [4.69, 9.17) is 9.47 Å². The highest BCUT2D eigenvalue weighted by Crippen LogP contribution is 2.47. The van der Waals surface area contributed by atoms with Gasteiger partial charge in [-0.2, -0.15) is 0 Å². The number of rotatable bonds is 4. The van der Waals surface area contributed by atoms with Gasteiger partial charge in [0.2, 0.25) is 0 Å². The molecule has 2 fully saturated rings. The lowest BCUT2D eigenvalue weighted by Crippen LogP contribution is -2.52. The maximum Gasteiger partial charge on any atom is 0.258 e. The molecule has 0 atom stereocenters. The third-order valence-electron chi connectivity index (χ3n) is 4.11. The first-order chi connectivity index (χ1) is 10.0. The number of ether oxygens (including phenoxy) is 2. The first-order valence-corrected chi connectivity index (χ1v) is 7.01. The van der Waals surface area contributed by atoms with Crippen molar-refractivity contribution in [2.45, 2.75) is 25.3 Å². The Labute approximate surface area is 121 Å². The van der Waals surface area contributed by atoms with Crippen molar-refractivity contribution in [3.8, 4) is 5.75 Å². The van der Waals surface area contributed by atoms with Gasteiger partial charge in [-0.15, -0.1) is 0 Å². The van der Waals surface area contributed by atoms with Crippen molar-refractivity contribution in [1.29, 1.82) is 0 Å². The van der Waals surface area contributed by atoms with Crippen molar-refractivity contribution in [3.63, 3.8) is 0 Å². The van der Waals surface area contributed by atoms with Crippen LogP contribution in [-0.2, 0) is 9.53 Å². The second kappa shape index (κ2) is 5.60. The maximum absolute atomic E-state index is 13.0. The highest BCUT2D eigenvalue weighted by Gasteiger charge is 2.47. The van der Waals surface area contributed by atoms with Crippen LogP contribution in [0.2, 0.25) is 0 Å². The molecular weight excluding hydrogens is 280 g/mol. The van der Waals surface area contributed by atoms with Crippen molar-refractivity contribution in [1.82, 2.24) is 5.32 Å². The molecule has 1 saturated heterocycles. The zero-order valence-electron chi connectivity index (χ0n) is 11.5. The van der Waals surface area contributed by atoms with Gasteiger partial charge in [-0.1, -0.05) is 0 Å². The van der Waals surface area contributed by atoms with Gasteiger partial charge in [-0.25, -0.2) is 8.78 Å². The van der Waals surface area contributed by atoms with E-state index in [1.165, 1.54) is 0 Å². The Bertz CT molecular complexity index is 515. The van der Waals surface area contributed by atoms with Gasteiger partial charge < -0.3 is 14.8 Å². The summed E-state index contributed by atoms with van der Waals surface area (Å²) in [5.41, 5.74) is 0.254. The summed E-state index contributed by atoms with van der Waals surface area (Å²) in [6, 6.07) is 2.99. The Morgan fingerprint density at radius 3 is 2.67 bits per heavy atom. The van der Waals surface area contributed by atoms with Crippen LogP contribution in [0.4, 0.5) is 8.78 Å². The number of hydrogen-bond donors (Lipinski definition) is 1. The summed E-state index contributed by atoms with van der Waals surface area (Å²) in [4.78, 5) is 11.7. The quantitative estimate of drug-likeness (QED) is 0.925. The highest BCUT2D eigenvalue weighted by atomic mass is 19.1. The Kier molecular flexibility index (Phi) is 3.80. The standard InChI is InChI=1S/C15H17F2NO3/c16-10-3-11(17)5-13(4-10)21-8-14(19)18-12-6-15(7-12)1-2-20-9-15/h3-5,12H,1-2,6-9H2,(H,18,19). The number of halogens is 2. The summed E-state index contributed by atoms with van der Waals surface area (Å²) < 4.78 is 36.4. The molecule has 4 nitrogen and oxygen atoms in total. The van der Waals surface area contributed by atoms with Crippen LogP contribution in [0.5, 0.6) is 5.75 Å². The Morgan fingerprint density at radius 2 is 2.05 bits per heavy atom. The number of benzene rings is 1. The zero-order chi connectivity index (χ0) is 14.9. The van der Waals surface area contributed by atoms with Crippen LogP contribution in [0, 0.1) is 17.0 Å². The number of carbonyl (C=O) groups excluding carboxylic acids is 1. The molecular formula is C15H17F2NO3. The van der Waals surface area contributed by atoms with E-state index in [1.54, 1.807) is 0 Å². The predicted molar refractivity (Wildman–Crippen MR) is 70.9 cm³/mol. The van der Waals surface area contributed by atoms with Gasteiger partial charge in [0.15, 0.2) is 6.61 Å². The van der Waals surface area contributed by atoms with E-state index in [-0.39, 0.29) is 29.7 Å². The number of carbonyl (C=O) groups is 1. The smallest absolute Gasteiger partial charge is 0.258 e. The predicted octanol–water partition coefficient (Wildman–Crippen LogP) is 2.03. The molecule has 0 radical (unpaired) electrons. The number of amides is 1. The summed E-state index contributed by atoms with van der Waals surface area (Å²) in [6.45, 7) is 1.33. The molecule has 1 aromatic rings. The monoisotopic (exact) mass is 297 g/mol. The SMILES string of the molecule is O=C(COc1cc(F)cc(F)c1)NC1CC2(CCOC2)C1. The van der Waals surface area contributed by atoms with E-state index in [0.717, 1.165) is 50.7 Å². The molecule has 2 aliphatic rings. The fraction of sp³-hybridized carbons (Fsp3) is 0.533. The van der Waals surface area contributed by atoms with Crippen molar-refractivity contribution in [2.75, 3.05) is 19.8 Å². The molecule has 1 spiro atoms. The molecule has 1 heterocycles. The Balaban J connectivity index is 1.43. The van der Waals surface area contributed by atoms with Crippen LogP contribution >= 0.6 is 0 Å². The van der Waals surface area contributed by atoms with Crippen molar-refractivity contribution in [3.05, 3.63) is 29.8 Å². The van der Waals surface area contributed by atoms with Crippen molar-refractivity contribution >= 4 is 5.91 Å². The second-order valence-corrected chi connectivity index (χ2v) is 5.87. The molecule has 0 unspecified atom stereocenters. The molecule has 1 N–H and O–H groups in total. The average molecular weight is 297 g/mol. The number of nitrogens with one attached hydrogen (secondary N) is 1. The molecule has 1 saturated carbocycles. The molecule has 6 heteroatoms. The van der Waals surface area contributed by atoms with Crippen LogP contribution < -0.4 is 10.1 Å². The largest absolute Gasteiger partial charge is 0.484 e. The summed E-state index contributed by atoms with van der Waals surface area (Å²) in [5, 5.41) is 2.86. The van der Waals surface area contributed by atoms with Gasteiger partial charge in [0, 0.05) is 30.8 Å². The van der Waals surface area contributed by atoms with Crippen LogP contribution in [0.3, 0.4) is 0 Å². The molecule has 3 rings (SSSR count). The average Bonchev–Trinajstić information content (AvgIpc) is 2.84. The lowest BCUT2D eigenvalue weighted by Gasteiger charge is -2.44. The van der Waals surface area contributed by atoms with Crippen LogP contribution in [0.15, 0.2) is 18.2 Å². The first kappa shape index (κ1) is 14.3. The van der Waals surface area contributed by atoms with E-state index >= 15 is 0 Å². The molecule has 114 valence electrons. The van der Waals surface area contributed by atoms with Crippen molar-refractivity contribution < 1.29 is 23.0 Å². The minimum Gasteiger partial charge on any atom is -0.484 e. The van der Waals surface area contributed by atoms with E-state index in [2.05, 4.69) is 5.32 Å². The van der Waals surface area contributed by atoms with E-state index in [0.29, 0.717) is 0 Å². The highest BCUT2D eigenvalue weighted by molar-refractivity contribution is 5.78. The second-order valence-electron chi connectivity index (χ2n) is 5.87. The molecule has 0 bridgehead atoms. The normalized spacial score (nSPS) is 27.4. The third kappa shape index (κ3) is 3.32. The molecule has 1 aliphatic carbocycles. The molecule has 1 aliphatic heterocycles. The van der Waals surface area contributed by atoms with E-state index in [1.807, 2.05) is 0 Å². The lowest BCUT2D eigenvalue weighted by molar-refractivity contribution is -0.125. The van der Waals surface area contributed by atoms with Crippen LogP contribution in [0.25, 0.3) is 0 Å². The fourth-order valence-electron chi connectivity index (χ4n) is 3.09. The van der Waals surface area contributed by atoms with Gasteiger partial charge in [0.05, 0.1) is 6.61 Å². The third-order valence-corrected chi connectivity index (χ3v) is 4.11. The van der Waals surface area contributed by atoms with E-state index in [9.17, 15) is 13.6 Å². The fourth-order valence-corrected chi connectivity index (χ4v) is 3.09. The summed E-state index contributed by atoms with van der Waals surface area (Å²) in [5.74, 6) is -1.73. The maximum atomic E-state index is 13.0. The number of hydrogen-bond acceptors (Lipinski definition) is 3. The summed E-state index contributed by atoms with van der Waals surface area (Å²) in [6.07, 6.45) is 2.90. The summed E-state index contributed by atoms with van der Waals surface area (Å²) >= 11 is 0. The van der Waals surface area contributed by atoms with Gasteiger partial charge in [0.25, 0.3) is 5.91 Å². The lowest BCUT2D eigenvalue weighted by atomic mass is 9.65. The molecule has 0 aromatic heterocycles.